The van der Waals surface area contributed by atoms with Gasteiger partial charge in [0.05, 0.1) is 12.6 Å². The Hall–Kier alpha value is -0.820. The van der Waals surface area contributed by atoms with Crippen molar-refractivity contribution < 1.29 is 23.1 Å². The quantitative estimate of drug-likeness (QED) is 0.727. The molecule has 0 saturated carbocycles. The lowest BCUT2D eigenvalue weighted by Crippen LogP contribution is -2.50. The third-order valence-corrected chi connectivity index (χ3v) is 3.89. The summed E-state index contributed by atoms with van der Waals surface area (Å²) in [7, 11) is 0. The standard InChI is InChI=1S/C11H17F3N2O2/c1-7-2-4-15-8(7)9(17)16-5-3-10(18,6-16)11(12,13)14/h7-8,15,18H,2-6H2,1H3. The molecule has 0 aromatic heterocycles. The Morgan fingerprint density at radius 2 is 2.17 bits per heavy atom. The van der Waals surface area contributed by atoms with Gasteiger partial charge in [-0.25, -0.2) is 0 Å². The van der Waals surface area contributed by atoms with Gasteiger partial charge in [-0.05, 0) is 18.9 Å². The zero-order valence-corrected chi connectivity index (χ0v) is 10.1. The van der Waals surface area contributed by atoms with Gasteiger partial charge in [-0.3, -0.25) is 4.79 Å². The first kappa shape index (κ1) is 13.6. The molecule has 2 aliphatic heterocycles. The number of carbonyl (C=O) groups excluding carboxylic acids is 1. The highest BCUT2D eigenvalue weighted by Crippen LogP contribution is 2.38. The van der Waals surface area contributed by atoms with E-state index in [-0.39, 0.29) is 18.4 Å². The van der Waals surface area contributed by atoms with Gasteiger partial charge in [-0.15, -0.1) is 0 Å². The van der Waals surface area contributed by atoms with E-state index in [1.165, 1.54) is 0 Å². The zero-order chi connectivity index (χ0) is 13.6. The number of halogens is 3. The smallest absolute Gasteiger partial charge is 0.379 e. The number of hydrogen-bond donors (Lipinski definition) is 2. The number of hydrogen-bond acceptors (Lipinski definition) is 3. The Kier molecular flexibility index (Phi) is 3.31. The van der Waals surface area contributed by atoms with Crippen LogP contribution < -0.4 is 5.32 Å². The number of nitrogens with one attached hydrogen (secondary N) is 1. The van der Waals surface area contributed by atoms with Crippen LogP contribution in [0, 0.1) is 5.92 Å². The third-order valence-electron chi connectivity index (χ3n) is 3.89. The monoisotopic (exact) mass is 266 g/mol. The average molecular weight is 266 g/mol. The average Bonchev–Trinajstić information content (AvgIpc) is 2.83. The minimum atomic E-state index is -4.68. The second-order valence-electron chi connectivity index (χ2n) is 5.24. The summed E-state index contributed by atoms with van der Waals surface area (Å²) in [5.41, 5.74) is -2.75. The van der Waals surface area contributed by atoms with E-state index < -0.39 is 30.8 Å². The first-order chi connectivity index (χ1) is 8.24. The van der Waals surface area contributed by atoms with Gasteiger partial charge in [0.25, 0.3) is 0 Å². The van der Waals surface area contributed by atoms with Crippen molar-refractivity contribution in [3.05, 3.63) is 0 Å². The van der Waals surface area contributed by atoms with Gasteiger partial charge in [0.2, 0.25) is 5.91 Å². The summed E-state index contributed by atoms with van der Waals surface area (Å²) >= 11 is 0. The van der Waals surface area contributed by atoms with Crippen LogP contribution in [-0.2, 0) is 4.79 Å². The van der Waals surface area contributed by atoms with Crippen molar-refractivity contribution in [2.75, 3.05) is 19.6 Å². The lowest BCUT2D eigenvalue weighted by molar-refractivity contribution is -0.253. The largest absolute Gasteiger partial charge is 0.419 e. The maximum Gasteiger partial charge on any atom is 0.419 e. The number of amides is 1. The van der Waals surface area contributed by atoms with Gasteiger partial charge in [0.1, 0.15) is 0 Å². The van der Waals surface area contributed by atoms with Crippen LogP contribution in [0.3, 0.4) is 0 Å². The van der Waals surface area contributed by atoms with E-state index in [1.54, 1.807) is 0 Å². The molecule has 0 bridgehead atoms. The molecule has 18 heavy (non-hydrogen) atoms. The van der Waals surface area contributed by atoms with Crippen LogP contribution in [0.4, 0.5) is 13.2 Å². The van der Waals surface area contributed by atoms with Gasteiger partial charge < -0.3 is 15.3 Å². The molecular formula is C11H17F3N2O2. The summed E-state index contributed by atoms with van der Waals surface area (Å²) in [6.07, 6.45) is -4.28. The van der Waals surface area contributed by atoms with E-state index in [2.05, 4.69) is 5.32 Å². The molecule has 0 aromatic rings. The van der Waals surface area contributed by atoms with Gasteiger partial charge >= 0.3 is 6.18 Å². The molecule has 2 N–H and O–H groups in total. The number of β-amino-alcohol motifs (C(OH)–C–C–N with tert-alkyl or cyclic N) is 1. The Morgan fingerprint density at radius 3 is 2.61 bits per heavy atom. The molecule has 2 heterocycles. The van der Waals surface area contributed by atoms with Gasteiger partial charge in [-0.2, -0.15) is 13.2 Å². The van der Waals surface area contributed by atoms with Crippen LogP contribution in [0.1, 0.15) is 19.8 Å². The van der Waals surface area contributed by atoms with Crippen LogP contribution in [-0.4, -0.2) is 53.4 Å². The first-order valence-corrected chi connectivity index (χ1v) is 6.06. The number of carbonyl (C=O) groups is 1. The molecular weight excluding hydrogens is 249 g/mol. The van der Waals surface area contributed by atoms with Gasteiger partial charge in [-0.1, -0.05) is 6.92 Å². The number of alkyl halides is 3. The van der Waals surface area contributed by atoms with Crippen molar-refractivity contribution in [2.45, 2.75) is 37.6 Å². The van der Waals surface area contributed by atoms with Gasteiger partial charge in [0, 0.05) is 13.0 Å². The molecule has 3 unspecified atom stereocenters. The van der Waals surface area contributed by atoms with Crippen molar-refractivity contribution in [2.24, 2.45) is 5.92 Å². The molecule has 0 spiro atoms. The number of nitrogens with zero attached hydrogens (tertiary/aromatic N) is 1. The highest BCUT2D eigenvalue weighted by atomic mass is 19.4. The molecule has 2 fully saturated rings. The molecule has 2 rings (SSSR count). The first-order valence-electron chi connectivity index (χ1n) is 6.06. The lowest BCUT2D eigenvalue weighted by Gasteiger charge is -2.27. The fourth-order valence-corrected chi connectivity index (χ4v) is 2.58. The summed E-state index contributed by atoms with van der Waals surface area (Å²) in [4.78, 5) is 13.2. The van der Waals surface area contributed by atoms with Gasteiger partial charge in [0.15, 0.2) is 5.60 Å². The Bertz CT molecular complexity index is 348. The summed E-state index contributed by atoms with van der Waals surface area (Å²) in [6.45, 7) is 1.91. The Balaban J connectivity index is 2.03. The van der Waals surface area contributed by atoms with E-state index in [1.807, 2.05) is 6.92 Å². The van der Waals surface area contributed by atoms with E-state index in [0.717, 1.165) is 11.3 Å². The predicted octanol–water partition coefficient (Wildman–Crippen LogP) is 0.510. The molecule has 104 valence electrons. The molecule has 4 nitrogen and oxygen atoms in total. The summed E-state index contributed by atoms with van der Waals surface area (Å²) in [5.74, 6) is -0.211. The zero-order valence-electron chi connectivity index (χ0n) is 10.1. The van der Waals surface area contributed by atoms with E-state index in [0.29, 0.717) is 6.54 Å². The van der Waals surface area contributed by atoms with Crippen LogP contribution in [0.15, 0.2) is 0 Å². The SMILES string of the molecule is CC1CCNC1C(=O)N1CCC(O)(C(F)(F)F)C1. The number of rotatable bonds is 1. The van der Waals surface area contributed by atoms with Crippen molar-refractivity contribution in [3.8, 4) is 0 Å². The molecule has 2 aliphatic rings. The predicted molar refractivity (Wildman–Crippen MR) is 57.8 cm³/mol. The highest BCUT2D eigenvalue weighted by molar-refractivity contribution is 5.83. The highest BCUT2D eigenvalue weighted by Gasteiger charge is 2.58. The van der Waals surface area contributed by atoms with Crippen LogP contribution >= 0.6 is 0 Å². The van der Waals surface area contributed by atoms with Crippen LogP contribution in [0.5, 0.6) is 0 Å². The van der Waals surface area contributed by atoms with Crippen molar-refractivity contribution >= 4 is 5.91 Å². The second-order valence-corrected chi connectivity index (χ2v) is 5.24. The fourth-order valence-electron chi connectivity index (χ4n) is 2.58. The molecule has 7 heteroatoms. The molecule has 3 atom stereocenters. The minimum absolute atomic E-state index is 0.0419. The molecule has 1 amide bonds. The topological polar surface area (TPSA) is 52.6 Å². The molecule has 2 saturated heterocycles. The minimum Gasteiger partial charge on any atom is -0.379 e. The fraction of sp³-hybridized carbons (Fsp3) is 0.909. The third kappa shape index (κ3) is 2.21. The van der Waals surface area contributed by atoms with E-state index >= 15 is 0 Å². The molecule has 0 aromatic carbocycles. The van der Waals surface area contributed by atoms with Crippen molar-refractivity contribution in [3.63, 3.8) is 0 Å². The maximum atomic E-state index is 12.6. The van der Waals surface area contributed by atoms with E-state index in [4.69, 9.17) is 0 Å². The number of likely N-dealkylation sites (tertiary alicyclic amines) is 1. The molecule has 0 radical (unpaired) electrons. The Labute approximate surface area is 103 Å². The Morgan fingerprint density at radius 1 is 1.50 bits per heavy atom. The van der Waals surface area contributed by atoms with Crippen molar-refractivity contribution in [1.29, 1.82) is 0 Å². The normalized spacial score (nSPS) is 37.3. The van der Waals surface area contributed by atoms with Crippen LogP contribution in [0.25, 0.3) is 0 Å². The summed E-state index contributed by atoms with van der Waals surface area (Å²) in [6, 6.07) is -0.416. The van der Waals surface area contributed by atoms with E-state index in [9.17, 15) is 23.1 Å². The lowest BCUT2D eigenvalue weighted by atomic mass is 10.0. The number of aliphatic hydroxyl groups is 1. The van der Waals surface area contributed by atoms with Crippen molar-refractivity contribution in [1.82, 2.24) is 10.2 Å². The van der Waals surface area contributed by atoms with Crippen LogP contribution in [0.2, 0.25) is 0 Å². The maximum absolute atomic E-state index is 12.6. The second kappa shape index (κ2) is 4.38. The molecule has 0 aliphatic carbocycles. The summed E-state index contributed by atoms with van der Waals surface area (Å²) in [5, 5.41) is 12.5. The summed E-state index contributed by atoms with van der Waals surface area (Å²) < 4.78 is 37.9.